The lowest BCUT2D eigenvalue weighted by Gasteiger charge is -2.10. The maximum atomic E-state index is 14.1. The van der Waals surface area contributed by atoms with Gasteiger partial charge in [0.1, 0.15) is 11.6 Å². The van der Waals surface area contributed by atoms with Gasteiger partial charge in [0, 0.05) is 28.1 Å². The average molecular weight is 355 g/mol. The molecule has 0 amide bonds. The second-order valence-electron chi connectivity index (χ2n) is 6.54. The van der Waals surface area contributed by atoms with Crippen molar-refractivity contribution in [2.24, 2.45) is 0 Å². The Balaban J connectivity index is 1.69. The van der Waals surface area contributed by atoms with E-state index >= 15 is 0 Å². The molecule has 1 aromatic heterocycles. The average Bonchev–Trinajstić information content (AvgIpc) is 3.03. The van der Waals surface area contributed by atoms with Crippen LogP contribution in [0.5, 0.6) is 0 Å². The fraction of sp³-hybridized carbons (Fsp3) is 0. The molecule has 0 aliphatic rings. The lowest BCUT2D eigenvalue weighted by atomic mass is 10.0. The molecule has 5 aromatic rings. The lowest BCUT2D eigenvalue weighted by Crippen LogP contribution is -1.94. The van der Waals surface area contributed by atoms with Crippen molar-refractivity contribution in [1.82, 2.24) is 4.57 Å². The zero-order valence-corrected chi connectivity index (χ0v) is 14.4. The Kier molecular flexibility index (Phi) is 3.54. The third kappa shape index (κ3) is 2.51. The summed E-state index contributed by atoms with van der Waals surface area (Å²) >= 11 is 0. The molecule has 0 saturated heterocycles. The maximum absolute atomic E-state index is 14.1. The molecule has 4 aromatic carbocycles. The smallest absolute Gasteiger partial charge is 0.133 e. The van der Waals surface area contributed by atoms with Gasteiger partial charge in [-0.15, -0.1) is 0 Å². The van der Waals surface area contributed by atoms with Crippen molar-refractivity contribution in [2.45, 2.75) is 0 Å². The molecule has 0 bridgehead atoms. The molecule has 1 heterocycles. The first kappa shape index (κ1) is 15.8. The third-order valence-corrected chi connectivity index (χ3v) is 4.95. The number of hydrogen-bond donors (Lipinski definition) is 0. The molecule has 0 aliphatic heterocycles. The summed E-state index contributed by atoms with van der Waals surface area (Å²) in [5.41, 5.74) is 4.36. The van der Waals surface area contributed by atoms with Crippen LogP contribution in [0.4, 0.5) is 8.78 Å². The van der Waals surface area contributed by atoms with E-state index in [1.807, 2.05) is 48.5 Å². The fourth-order valence-corrected chi connectivity index (χ4v) is 3.71. The Labute approximate surface area is 155 Å². The van der Waals surface area contributed by atoms with Gasteiger partial charge in [0.15, 0.2) is 0 Å². The van der Waals surface area contributed by atoms with Gasteiger partial charge < -0.3 is 4.57 Å². The normalized spacial score (nSPS) is 11.3. The Morgan fingerprint density at radius 2 is 1.19 bits per heavy atom. The molecular formula is C24H15F2N. The summed E-state index contributed by atoms with van der Waals surface area (Å²) in [5, 5.41) is 2.39. The Morgan fingerprint density at radius 1 is 0.593 bits per heavy atom. The number of para-hydroxylation sites is 2. The van der Waals surface area contributed by atoms with E-state index in [0.29, 0.717) is 5.56 Å². The SMILES string of the molecule is Fc1ccc(-c2ccc(-n3c4ccccc4c4ccccc43)cc2)c(F)c1. The van der Waals surface area contributed by atoms with Gasteiger partial charge in [-0.2, -0.15) is 0 Å². The van der Waals surface area contributed by atoms with E-state index in [0.717, 1.165) is 28.4 Å². The van der Waals surface area contributed by atoms with Crippen LogP contribution in [0.2, 0.25) is 0 Å². The minimum absolute atomic E-state index is 0.394. The van der Waals surface area contributed by atoms with E-state index in [9.17, 15) is 8.78 Å². The fourth-order valence-electron chi connectivity index (χ4n) is 3.71. The van der Waals surface area contributed by atoms with Crippen molar-refractivity contribution in [1.29, 1.82) is 0 Å². The molecule has 0 spiro atoms. The first-order valence-electron chi connectivity index (χ1n) is 8.76. The van der Waals surface area contributed by atoms with Gasteiger partial charge in [-0.3, -0.25) is 0 Å². The van der Waals surface area contributed by atoms with Crippen molar-refractivity contribution in [3.63, 3.8) is 0 Å². The molecule has 0 unspecified atom stereocenters. The van der Waals surface area contributed by atoms with Crippen molar-refractivity contribution in [3.8, 4) is 16.8 Å². The number of rotatable bonds is 2. The summed E-state index contributed by atoms with van der Waals surface area (Å²) in [6.45, 7) is 0. The molecule has 0 fully saturated rings. The number of hydrogen-bond acceptors (Lipinski definition) is 0. The highest BCUT2D eigenvalue weighted by atomic mass is 19.1. The zero-order valence-electron chi connectivity index (χ0n) is 14.4. The summed E-state index contributed by atoms with van der Waals surface area (Å²) in [4.78, 5) is 0. The topological polar surface area (TPSA) is 4.93 Å². The van der Waals surface area contributed by atoms with E-state index in [2.05, 4.69) is 28.8 Å². The van der Waals surface area contributed by atoms with Gasteiger partial charge >= 0.3 is 0 Å². The summed E-state index contributed by atoms with van der Waals surface area (Å²) in [7, 11) is 0. The second-order valence-corrected chi connectivity index (χ2v) is 6.54. The highest BCUT2D eigenvalue weighted by molar-refractivity contribution is 6.09. The van der Waals surface area contributed by atoms with E-state index in [1.165, 1.54) is 22.9 Å². The predicted molar refractivity (Wildman–Crippen MR) is 106 cm³/mol. The monoisotopic (exact) mass is 355 g/mol. The van der Waals surface area contributed by atoms with Crippen LogP contribution >= 0.6 is 0 Å². The van der Waals surface area contributed by atoms with Gasteiger partial charge in [0.2, 0.25) is 0 Å². The molecule has 0 atom stereocenters. The number of halogens is 2. The molecule has 0 N–H and O–H groups in total. The quantitative estimate of drug-likeness (QED) is 0.331. The molecule has 0 aliphatic carbocycles. The van der Waals surface area contributed by atoms with E-state index < -0.39 is 11.6 Å². The highest BCUT2D eigenvalue weighted by Gasteiger charge is 2.12. The molecule has 0 radical (unpaired) electrons. The van der Waals surface area contributed by atoms with Gasteiger partial charge in [0.25, 0.3) is 0 Å². The summed E-state index contributed by atoms with van der Waals surface area (Å²) < 4.78 is 29.5. The van der Waals surface area contributed by atoms with Crippen LogP contribution in [0.1, 0.15) is 0 Å². The van der Waals surface area contributed by atoms with Gasteiger partial charge in [-0.1, -0.05) is 48.5 Å². The standard InChI is InChI=1S/C24H15F2N/c25-17-11-14-19(22(26)15-17)16-9-12-18(13-10-16)27-23-7-3-1-5-20(23)21-6-2-4-8-24(21)27/h1-15H. The van der Waals surface area contributed by atoms with Crippen molar-refractivity contribution < 1.29 is 8.78 Å². The zero-order chi connectivity index (χ0) is 18.4. The first-order valence-corrected chi connectivity index (χ1v) is 8.76. The molecule has 27 heavy (non-hydrogen) atoms. The maximum Gasteiger partial charge on any atom is 0.133 e. The van der Waals surface area contributed by atoms with Crippen LogP contribution in [-0.2, 0) is 0 Å². The molecular weight excluding hydrogens is 340 g/mol. The van der Waals surface area contributed by atoms with Crippen molar-refractivity contribution in [2.75, 3.05) is 0 Å². The molecule has 0 saturated carbocycles. The number of fused-ring (bicyclic) bond motifs is 3. The first-order chi connectivity index (χ1) is 13.2. The number of benzene rings is 4. The summed E-state index contributed by atoms with van der Waals surface area (Å²) in [6, 6.07) is 27.9. The minimum atomic E-state index is -0.571. The molecule has 5 rings (SSSR count). The van der Waals surface area contributed by atoms with Crippen LogP contribution in [0, 0.1) is 11.6 Å². The molecule has 130 valence electrons. The Morgan fingerprint density at radius 3 is 1.78 bits per heavy atom. The van der Waals surface area contributed by atoms with E-state index in [1.54, 1.807) is 0 Å². The number of aromatic nitrogens is 1. The largest absolute Gasteiger partial charge is 0.309 e. The van der Waals surface area contributed by atoms with Gasteiger partial charge in [-0.05, 0) is 42.0 Å². The van der Waals surface area contributed by atoms with Crippen LogP contribution in [0.3, 0.4) is 0 Å². The van der Waals surface area contributed by atoms with Gasteiger partial charge in [0.05, 0.1) is 11.0 Å². The van der Waals surface area contributed by atoms with Crippen molar-refractivity contribution >= 4 is 21.8 Å². The van der Waals surface area contributed by atoms with Gasteiger partial charge in [-0.25, -0.2) is 8.78 Å². The molecule has 3 heteroatoms. The van der Waals surface area contributed by atoms with Crippen LogP contribution in [-0.4, -0.2) is 4.57 Å². The Hall–Kier alpha value is -3.46. The highest BCUT2D eigenvalue weighted by Crippen LogP contribution is 2.32. The van der Waals surface area contributed by atoms with Crippen molar-refractivity contribution in [3.05, 3.63) is 103 Å². The minimum Gasteiger partial charge on any atom is -0.309 e. The van der Waals surface area contributed by atoms with Crippen LogP contribution in [0.15, 0.2) is 91.0 Å². The summed E-state index contributed by atoms with van der Waals surface area (Å²) in [5.74, 6) is -1.13. The number of nitrogens with zero attached hydrogens (tertiary/aromatic N) is 1. The second kappa shape index (κ2) is 6.06. The van der Waals surface area contributed by atoms with Crippen LogP contribution < -0.4 is 0 Å². The lowest BCUT2D eigenvalue weighted by molar-refractivity contribution is 0.585. The third-order valence-electron chi connectivity index (χ3n) is 4.95. The predicted octanol–water partition coefficient (Wildman–Crippen LogP) is 6.73. The molecule has 1 nitrogen and oxygen atoms in total. The summed E-state index contributed by atoms with van der Waals surface area (Å²) in [6.07, 6.45) is 0. The van der Waals surface area contributed by atoms with Crippen LogP contribution in [0.25, 0.3) is 38.6 Å². The van der Waals surface area contributed by atoms with E-state index in [-0.39, 0.29) is 0 Å². The Bertz CT molecular complexity index is 1230. The van der Waals surface area contributed by atoms with E-state index in [4.69, 9.17) is 0 Å².